The zero-order chi connectivity index (χ0) is 29.1. The van der Waals surface area contributed by atoms with Gasteiger partial charge in [0, 0.05) is 47.9 Å². The van der Waals surface area contributed by atoms with Crippen LogP contribution in [0.1, 0.15) is 25.6 Å². The van der Waals surface area contributed by atoms with Gasteiger partial charge in [0.15, 0.2) is 23.1 Å². The Morgan fingerprint density at radius 2 is 1.63 bits per heavy atom. The number of hydrogen-bond donors (Lipinski definition) is 2. The minimum atomic E-state index is -0.652. The molecule has 0 spiro atoms. The largest absolute Gasteiger partial charge is 0.493 e. The number of fused-ring (bicyclic) bond motifs is 1. The number of carbonyl (C=O) groups excluding carboxylic acids is 1. The number of nitrogens with zero attached hydrogens (tertiary/aromatic N) is 3. The third-order valence-corrected chi connectivity index (χ3v) is 6.54. The Morgan fingerprint density at radius 3 is 2.32 bits per heavy atom. The molecule has 2 amide bonds. The molecule has 3 aromatic carbocycles. The SMILES string of the molecule is COc1cc2nccc(Oc3ccc(NC(=O)Nc4c(-c5ccccc5)nc(C(C)C)n4C)cc3F)c2cc1OC. The van der Waals surface area contributed by atoms with E-state index in [-0.39, 0.29) is 17.4 Å². The van der Waals surface area contributed by atoms with Crippen molar-refractivity contribution in [3.05, 3.63) is 84.6 Å². The van der Waals surface area contributed by atoms with E-state index in [1.165, 1.54) is 26.4 Å². The fourth-order valence-electron chi connectivity index (χ4n) is 4.56. The van der Waals surface area contributed by atoms with Crippen LogP contribution in [0.15, 0.2) is 72.9 Å². The summed E-state index contributed by atoms with van der Waals surface area (Å²) in [6.45, 7) is 4.07. The monoisotopic (exact) mass is 555 g/mol. The van der Waals surface area contributed by atoms with Gasteiger partial charge in [0.05, 0.1) is 19.7 Å². The number of methoxy groups -OCH3 is 2. The standard InChI is InChI=1S/C31H30FN5O4/c1-18(2)29-35-28(19-9-7-6-8-10-19)30(37(29)3)36-31(38)34-20-11-12-25(22(32)15-20)41-24-13-14-33-23-17-27(40-5)26(39-4)16-21(23)24/h6-18H,1-5H3,(H2,34,36,38). The molecule has 5 aromatic rings. The molecule has 9 nitrogen and oxygen atoms in total. The van der Waals surface area contributed by atoms with Crippen LogP contribution in [0.5, 0.6) is 23.0 Å². The quantitative estimate of drug-likeness (QED) is 0.208. The van der Waals surface area contributed by atoms with Crippen molar-refractivity contribution in [3.63, 3.8) is 0 Å². The van der Waals surface area contributed by atoms with Gasteiger partial charge in [0.2, 0.25) is 0 Å². The summed E-state index contributed by atoms with van der Waals surface area (Å²) >= 11 is 0. The zero-order valence-electron chi connectivity index (χ0n) is 23.4. The van der Waals surface area contributed by atoms with Gasteiger partial charge in [-0.25, -0.2) is 14.2 Å². The van der Waals surface area contributed by atoms with Gasteiger partial charge in [-0.2, -0.15) is 0 Å². The fourth-order valence-corrected chi connectivity index (χ4v) is 4.56. The molecule has 0 aliphatic carbocycles. The Kier molecular flexibility index (Phi) is 7.73. The van der Waals surface area contributed by atoms with Gasteiger partial charge in [0.25, 0.3) is 0 Å². The number of aromatic nitrogens is 3. The first kappa shape index (κ1) is 27.4. The highest BCUT2D eigenvalue weighted by atomic mass is 19.1. The van der Waals surface area contributed by atoms with Gasteiger partial charge in [-0.3, -0.25) is 10.3 Å². The molecular formula is C31H30FN5O4. The minimum absolute atomic E-state index is 0.0159. The first-order valence-electron chi connectivity index (χ1n) is 13.0. The van der Waals surface area contributed by atoms with Crippen LogP contribution in [-0.2, 0) is 7.05 Å². The molecule has 0 aliphatic heterocycles. The number of hydrogen-bond acceptors (Lipinski definition) is 6. The predicted molar refractivity (Wildman–Crippen MR) is 157 cm³/mol. The van der Waals surface area contributed by atoms with Crippen LogP contribution in [0.3, 0.4) is 0 Å². The average Bonchev–Trinajstić information content (AvgIpc) is 3.30. The number of rotatable bonds is 8. The number of amides is 2. The molecule has 0 atom stereocenters. The smallest absolute Gasteiger partial charge is 0.324 e. The number of benzene rings is 3. The van der Waals surface area contributed by atoms with Crippen LogP contribution in [0, 0.1) is 5.82 Å². The molecule has 0 aliphatic rings. The summed E-state index contributed by atoms with van der Waals surface area (Å²) < 4.78 is 33.6. The van der Waals surface area contributed by atoms with Crippen LogP contribution in [0.2, 0.25) is 0 Å². The van der Waals surface area contributed by atoms with E-state index in [4.69, 9.17) is 19.2 Å². The molecule has 41 heavy (non-hydrogen) atoms. The Bertz CT molecular complexity index is 1720. The number of pyridine rings is 1. The number of ether oxygens (including phenoxy) is 3. The van der Waals surface area contributed by atoms with Gasteiger partial charge >= 0.3 is 6.03 Å². The van der Waals surface area contributed by atoms with E-state index >= 15 is 4.39 Å². The van der Waals surface area contributed by atoms with Crippen molar-refractivity contribution in [1.29, 1.82) is 0 Å². The lowest BCUT2D eigenvalue weighted by Crippen LogP contribution is -2.21. The van der Waals surface area contributed by atoms with Gasteiger partial charge in [-0.15, -0.1) is 0 Å². The van der Waals surface area contributed by atoms with Crippen molar-refractivity contribution in [2.24, 2.45) is 7.05 Å². The molecule has 0 unspecified atom stereocenters. The average molecular weight is 556 g/mol. The lowest BCUT2D eigenvalue weighted by atomic mass is 10.1. The molecule has 0 saturated heterocycles. The molecule has 0 radical (unpaired) electrons. The molecular weight excluding hydrogens is 525 g/mol. The predicted octanol–water partition coefficient (Wildman–Crippen LogP) is 7.35. The van der Waals surface area contributed by atoms with E-state index in [0.717, 1.165) is 11.4 Å². The zero-order valence-corrected chi connectivity index (χ0v) is 23.4. The summed E-state index contributed by atoms with van der Waals surface area (Å²) in [7, 11) is 4.92. The summed E-state index contributed by atoms with van der Waals surface area (Å²) in [5, 5.41) is 6.20. The van der Waals surface area contributed by atoms with Crippen LogP contribution < -0.4 is 24.8 Å². The number of nitrogens with one attached hydrogen (secondary N) is 2. The maximum absolute atomic E-state index is 15.1. The molecule has 2 aromatic heterocycles. The molecule has 210 valence electrons. The van der Waals surface area contributed by atoms with Crippen molar-refractivity contribution < 1.29 is 23.4 Å². The fraction of sp³-hybridized carbons (Fsp3) is 0.194. The molecule has 2 heterocycles. The Balaban J connectivity index is 1.36. The van der Waals surface area contributed by atoms with Gasteiger partial charge in [-0.05, 0) is 24.3 Å². The molecule has 2 N–H and O–H groups in total. The Labute approximate surface area is 236 Å². The van der Waals surface area contributed by atoms with Crippen molar-refractivity contribution in [2.45, 2.75) is 19.8 Å². The van der Waals surface area contributed by atoms with E-state index in [9.17, 15) is 4.79 Å². The Hall–Kier alpha value is -5.12. The maximum atomic E-state index is 15.1. The van der Waals surface area contributed by atoms with Gasteiger partial charge in [-0.1, -0.05) is 44.2 Å². The normalized spacial score (nSPS) is 11.0. The van der Waals surface area contributed by atoms with Crippen molar-refractivity contribution in [1.82, 2.24) is 14.5 Å². The molecule has 10 heteroatoms. The summed E-state index contributed by atoms with van der Waals surface area (Å²) in [6, 6.07) is 18.4. The second kappa shape index (κ2) is 11.5. The Morgan fingerprint density at radius 1 is 0.902 bits per heavy atom. The topological polar surface area (TPSA) is 99.5 Å². The summed E-state index contributed by atoms with van der Waals surface area (Å²) in [5.41, 5.74) is 2.38. The highest BCUT2D eigenvalue weighted by molar-refractivity contribution is 6.01. The molecule has 0 fully saturated rings. The maximum Gasteiger partial charge on any atom is 0.324 e. The summed E-state index contributed by atoms with van der Waals surface area (Å²) in [6.07, 6.45) is 1.56. The first-order chi connectivity index (χ1) is 19.8. The summed E-state index contributed by atoms with van der Waals surface area (Å²) in [4.78, 5) is 22.1. The van der Waals surface area contributed by atoms with E-state index in [1.807, 2.05) is 55.8 Å². The first-order valence-corrected chi connectivity index (χ1v) is 13.0. The van der Waals surface area contributed by atoms with Crippen LogP contribution in [0.25, 0.3) is 22.2 Å². The highest BCUT2D eigenvalue weighted by Crippen LogP contribution is 2.38. The second-order valence-electron chi connectivity index (χ2n) is 9.61. The number of urea groups is 1. The number of imidazole rings is 1. The van der Waals surface area contributed by atoms with E-state index in [0.29, 0.717) is 39.7 Å². The van der Waals surface area contributed by atoms with Crippen molar-refractivity contribution >= 4 is 28.4 Å². The van der Waals surface area contributed by atoms with Gasteiger partial charge < -0.3 is 24.1 Å². The van der Waals surface area contributed by atoms with Crippen molar-refractivity contribution in [2.75, 3.05) is 24.9 Å². The number of anilines is 2. The number of halogens is 1. The van der Waals surface area contributed by atoms with E-state index in [2.05, 4.69) is 15.6 Å². The molecule has 5 rings (SSSR count). The minimum Gasteiger partial charge on any atom is -0.493 e. The lowest BCUT2D eigenvalue weighted by molar-refractivity contribution is 0.262. The van der Waals surface area contributed by atoms with Gasteiger partial charge in [0.1, 0.15) is 23.1 Å². The highest BCUT2D eigenvalue weighted by Gasteiger charge is 2.20. The van der Waals surface area contributed by atoms with Crippen LogP contribution in [0.4, 0.5) is 20.7 Å². The number of carbonyl (C=O) groups is 1. The molecule has 0 bridgehead atoms. The second-order valence-corrected chi connectivity index (χ2v) is 9.61. The van der Waals surface area contributed by atoms with Crippen molar-refractivity contribution in [3.8, 4) is 34.3 Å². The summed E-state index contributed by atoms with van der Waals surface area (Å²) in [5.74, 6) is 2.24. The third-order valence-electron chi connectivity index (χ3n) is 6.54. The van der Waals surface area contributed by atoms with E-state index < -0.39 is 11.8 Å². The molecule has 0 saturated carbocycles. The van der Waals surface area contributed by atoms with Crippen LogP contribution in [-0.4, -0.2) is 34.8 Å². The lowest BCUT2D eigenvalue weighted by Gasteiger charge is -2.14. The van der Waals surface area contributed by atoms with E-state index in [1.54, 1.807) is 30.5 Å². The van der Waals surface area contributed by atoms with Crippen LogP contribution >= 0.6 is 0 Å². The third kappa shape index (κ3) is 5.62.